The first-order valence-corrected chi connectivity index (χ1v) is 4.20. The summed E-state index contributed by atoms with van der Waals surface area (Å²) in [4.78, 5) is 25.4. The van der Waals surface area contributed by atoms with E-state index >= 15 is 0 Å². The van der Waals surface area contributed by atoms with Gasteiger partial charge in [-0.25, -0.2) is 4.98 Å². The second kappa shape index (κ2) is 4.94. The molecule has 15 heavy (non-hydrogen) atoms. The molecule has 80 valence electrons. The van der Waals surface area contributed by atoms with E-state index in [9.17, 15) is 9.59 Å². The van der Waals surface area contributed by atoms with Crippen LogP contribution in [0.25, 0.3) is 0 Å². The number of carbonyl (C=O) groups is 2. The van der Waals surface area contributed by atoms with Crippen molar-refractivity contribution in [2.75, 3.05) is 19.0 Å². The number of nitrogens with one attached hydrogen (secondary N) is 1. The van der Waals surface area contributed by atoms with Crippen LogP contribution < -0.4 is 11.1 Å². The van der Waals surface area contributed by atoms with Gasteiger partial charge in [0.2, 0.25) is 5.91 Å². The molecule has 3 N–H and O–H groups in total. The molecule has 0 bridgehead atoms. The standard InChI is InChI=1S/C9H11N3O3/c1-15-8(13)5-12-7-3-2-6(4-11-7)9(10)14/h2-4H,5H2,1H3,(H2,10,14)(H,11,12). The predicted molar refractivity (Wildman–Crippen MR) is 53.3 cm³/mol. The van der Waals surface area contributed by atoms with Crippen LogP contribution in [0.5, 0.6) is 0 Å². The Morgan fingerprint density at radius 3 is 2.73 bits per heavy atom. The van der Waals surface area contributed by atoms with Crippen molar-refractivity contribution in [2.24, 2.45) is 5.73 Å². The number of esters is 1. The van der Waals surface area contributed by atoms with Gasteiger partial charge in [-0.3, -0.25) is 9.59 Å². The number of carbonyl (C=O) groups excluding carboxylic acids is 2. The van der Waals surface area contributed by atoms with Gasteiger partial charge in [-0.2, -0.15) is 0 Å². The number of anilines is 1. The Hall–Kier alpha value is -2.11. The highest BCUT2D eigenvalue weighted by Crippen LogP contribution is 2.03. The number of amides is 1. The summed E-state index contributed by atoms with van der Waals surface area (Å²) in [5.74, 6) is -0.455. The minimum atomic E-state index is -0.540. The Morgan fingerprint density at radius 2 is 2.27 bits per heavy atom. The Bertz CT molecular complexity index is 361. The molecule has 6 heteroatoms. The highest BCUT2D eigenvalue weighted by molar-refractivity contribution is 5.92. The van der Waals surface area contributed by atoms with E-state index in [1.165, 1.54) is 19.4 Å². The van der Waals surface area contributed by atoms with Gasteiger partial charge in [-0.1, -0.05) is 0 Å². The lowest BCUT2D eigenvalue weighted by atomic mass is 10.3. The van der Waals surface area contributed by atoms with Gasteiger partial charge in [0.15, 0.2) is 0 Å². The monoisotopic (exact) mass is 209 g/mol. The van der Waals surface area contributed by atoms with E-state index in [1.54, 1.807) is 6.07 Å². The van der Waals surface area contributed by atoms with Crippen LogP contribution in [-0.4, -0.2) is 30.5 Å². The van der Waals surface area contributed by atoms with Crippen molar-refractivity contribution >= 4 is 17.7 Å². The van der Waals surface area contributed by atoms with E-state index in [0.29, 0.717) is 11.4 Å². The number of aromatic nitrogens is 1. The number of pyridine rings is 1. The van der Waals surface area contributed by atoms with Gasteiger partial charge >= 0.3 is 5.97 Å². The van der Waals surface area contributed by atoms with Crippen LogP contribution in [0.15, 0.2) is 18.3 Å². The van der Waals surface area contributed by atoms with Crippen LogP contribution in [0.4, 0.5) is 5.82 Å². The number of rotatable bonds is 4. The highest BCUT2D eigenvalue weighted by atomic mass is 16.5. The third-order valence-electron chi connectivity index (χ3n) is 1.69. The number of methoxy groups -OCH3 is 1. The topological polar surface area (TPSA) is 94.3 Å². The SMILES string of the molecule is COC(=O)CNc1ccc(C(N)=O)cn1. The van der Waals surface area contributed by atoms with Crippen LogP contribution in [0.3, 0.4) is 0 Å². The third kappa shape index (κ3) is 3.26. The van der Waals surface area contributed by atoms with Gasteiger partial charge in [-0.15, -0.1) is 0 Å². The van der Waals surface area contributed by atoms with Crippen molar-refractivity contribution in [3.05, 3.63) is 23.9 Å². The number of nitrogens with zero attached hydrogens (tertiary/aromatic N) is 1. The molecule has 0 aliphatic carbocycles. The van der Waals surface area contributed by atoms with Crippen molar-refractivity contribution in [1.82, 2.24) is 4.98 Å². The molecule has 1 amide bonds. The maximum atomic E-state index is 10.8. The van der Waals surface area contributed by atoms with E-state index < -0.39 is 11.9 Å². The summed E-state index contributed by atoms with van der Waals surface area (Å²) in [5.41, 5.74) is 5.35. The molecule has 0 aliphatic rings. The molecule has 0 aromatic carbocycles. The fourth-order valence-electron chi connectivity index (χ4n) is 0.879. The maximum absolute atomic E-state index is 10.8. The van der Waals surface area contributed by atoms with Crippen molar-refractivity contribution in [3.8, 4) is 0 Å². The summed E-state index contributed by atoms with van der Waals surface area (Å²) in [6.07, 6.45) is 1.34. The smallest absolute Gasteiger partial charge is 0.325 e. The van der Waals surface area contributed by atoms with Crippen LogP contribution >= 0.6 is 0 Å². The molecule has 1 heterocycles. The lowest BCUT2D eigenvalue weighted by Crippen LogP contribution is -2.16. The Labute approximate surface area is 86.4 Å². The zero-order valence-corrected chi connectivity index (χ0v) is 8.19. The molecular formula is C9H11N3O3. The minimum absolute atomic E-state index is 0.0272. The predicted octanol–water partition coefficient (Wildman–Crippen LogP) is -0.235. The molecule has 0 aliphatic heterocycles. The Morgan fingerprint density at radius 1 is 1.53 bits per heavy atom. The summed E-state index contributed by atoms with van der Waals surface area (Å²) < 4.78 is 4.43. The third-order valence-corrected chi connectivity index (χ3v) is 1.69. The highest BCUT2D eigenvalue weighted by Gasteiger charge is 2.02. The van der Waals surface area contributed by atoms with Crippen molar-refractivity contribution in [3.63, 3.8) is 0 Å². The van der Waals surface area contributed by atoms with E-state index in [0.717, 1.165) is 0 Å². The summed E-state index contributed by atoms with van der Waals surface area (Å²) in [6.45, 7) is 0.0272. The second-order valence-electron chi connectivity index (χ2n) is 2.73. The molecule has 0 saturated heterocycles. The largest absolute Gasteiger partial charge is 0.468 e. The quantitative estimate of drug-likeness (QED) is 0.668. The molecule has 0 atom stereocenters. The first-order chi connectivity index (χ1) is 7.13. The summed E-state index contributed by atoms with van der Waals surface area (Å²) in [5, 5.41) is 2.72. The fourth-order valence-corrected chi connectivity index (χ4v) is 0.879. The number of primary amides is 1. The molecule has 0 spiro atoms. The molecular weight excluding hydrogens is 198 g/mol. The fraction of sp³-hybridized carbons (Fsp3) is 0.222. The number of hydrogen-bond acceptors (Lipinski definition) is 5. The molecule has 0 unspecified atom stereocenters. The van der Waals surface area contributed by atoms with Crippen molar-refractivity contribution in [2.45, 2.75) is 0 Å². The van der Waals surface area contributed by atoms with E-state index in [1.807, 2.05) is 0 Å². The number of nitrogens with two attached hydrogens (primary N) is 1. The van der Waals surface area contributed by atoms with Crippen molar-refractivity contribution in [1.29, 1.82) is 0 Å². The summed E-state index contributed by atoms with van der Waals surface area (Å²) >= 11 is 0. The first kappa shape index (κ1) is 11.0. The zero-order valence-electron chi connectivity index (χ0n) is 8.19. The minimum Gasteiger partial charge on any atom is -0.468 e. The lowest BCUT2D eigenvalue weighted by Gasteiger charge is -2.03. The van der Waals surface area contributed by atoms with Gasteiger partial charge in [0.1, 0.15) is 12.4 Å². The van der Waals surface area contributed by atoms with Crippen LogP contribution in [0, 0.1) is 0 Å². The first-order valence-electron chi connectivity index (χ1n) is 4.20. The van der Waals surface area contributed by atoms with Crippen LogP contribution in [0.2, 0.25) is 0 Å². The van der Waals surface area contributed by atoms with Gasteiger partial charge < -0.3 is 15.8 Å². The molecule has 1 rings (SSSR count). The lowest BCUT2D eigenvalue weighted by molar-refractivity contribution is -0.138. The van der Waals surface area contributed by atoms with E-state index in [2.05, 4.69) is 15.0 Å². The second-order valence-corrected chi connectivity index (χ2v) is 2.73. The molecule has 0 fully saturated rings. The zero-order chi connectivity index (χ0) is 11.3. The van der Waals surface area contributed by atoms with Gasteiger partial charge in [0, 0.05) is 6.20 Å². The summed E-state index contributed by atoms with van der Waals surface area (Å²) in [6, 6.07) is 3.08. The molecule has 6 nitrogen and oxygen atoms in total. The molecule has 0 radical (unpaired) electrons. The molecule has 1 aromatic rings. The van der Waals surface area contributed by atoms with E-state index in [-0.39, 0.29) is 6.54 Å². The number of hydrogen-bond donors (Lipinski definition) is 2. The van der Waals surface area contributed by atoms with E-state index in [4.69, 9.17) is 5.73 Å². The normalized spacial score (nSPS) is 9.40. The number of ether oxygens (including phenoxy) is 1. The van der Waals surface area contributed by atoms with Crippen LogP contribution in [-0.2, 0) is 9.53 Å². The molecule has 1 aromatic heterocycles. The average Bonchev–Trinajstić information content (AvgIpc) is 2.26. The molecule has 0 saturated carbocycles. The van der Waals surface area contributed by atoms with Gasteiger partial charge in [0.05, 0.1) is 12.7 Å². The van der Waals surface area contributed by atoms with Crippen molar-refractivity contribution < 1.29 is 14.3 Å². The van der Waals surface area contributed by atoms with Crippen LogP contribution in [0.1, 0.15) is 10.4 Å². The summed E-state index contributed by atoms with van der Waals surface area (Å²) in [7, 11) is 1.30. The Kier molecular flexibility index (Phi) is 3.61. The average molecular weight is 209 g/mol. The van der Waals surface area contributed by atoms with Gasteiger partial charge in [0.25, 0.3) is 0 Å². The maximum Gasteiger partial charge on any atom is 0.325 e. The van der Waals surface area contributed by atoms with Gasteiger partial charge in [-0.05, 0) is 12.1 Å². The Balaban J connectivity index is 2.57.